The van der Waals surface area contributed by atoms with Gasteiger partial charge in [-0.25, -0.2) is 0 Å². The summed E-state index contributed by atoms with van der Waals surface area (Å²) in [5.74, 6) is 1.23. The number of nitrogens with zero attached hydrogens (tertiary/aromatic N) is 2. The van der Waals surface area contributed by atoms with Crippen molar-refractivity contribution in [3.63, 3.8) is 0 Å². The van der Waals surface area contributed by atoms with E-state index in [1.54, 1.807) is 0 Å². The Labute approximate surface area is 59.4 Å². The van der Waals surface area contributed by atoms with Gasteiger partial charge in [0.25, 0.3) is 0 Å². The normalized spacial score (nSPS) is 13.5. The van der Waals surface area contributed by atoms with Crippen molar-refractivity contribution in [3.05, 3.63) is 11.7 Å². The van der Waals surface area contributed by atoms with Crippen LogP contribution >= 0.6 is 0 Å². The summed E-state index contributed by atoms with van der Waals surface area (Å²) < 4.78 is 4.83. The van der Waals surface area contributed by atoms with Gasteiger partial charge >= 0.3 is 0 Å². The van der Waals surface area contributed by atoms with Crippen molar-refractivity contribution >= 4 is 0 Å². The van der Waals surface area contributed by atoms with Gasteiger partial charge in [-0.05, 0) is 6.92 Å². The molecule has 4 nitrogen and oxygen atoms in total. The quantitative estimate of drug-likeness (QED) is 0.656. The lowest BCUT2D eigenvalue weighted by Gasteiger charge is -1.92. The molecule has 0 fully saturated rings. The summed E-state index contributed by atoms with van der Waals surface area (Å²) in [6.45, 7) is 3.78. The number of aryl methyl sites for hydroxylation is 1. The highest BCUT2D eigenvalue weighted by Gasteiger charge is 2.07. The number of aromatic nitrogens is 2. The average molecular weight is 141 g/mol. The lowest BCUT2D eigenvalue weighted by atomic mass is 10.4. The Morgan fingerprint density at radius 3 is 2.70 bits per heavy atom. The summed E-state index contributed by atoms with van der Waals surface area (Å²) in [6.07, 6.45) is 0.788. The van der Waals surface area contributed by atoms with Crippen LogP contribution in [0.4, 0.5) is 0 Å². The predicted molar refractivity (Wildman–Crippen MR) is 36.3 cm³/mol. The lowest BCUT2D eigenvalue weighted by molar-refractivity contribution is 0.357. The minimum atomic E-state index is -0.159. The molecule has 0 aliphatic rings. The fourth-order valence-corrected chi connectivity index (χ4v) is 0.596. The van der Waals surface area contributed by atoms with Crippen LogP contribution in [0.25, 0.3) is 0 Å². The second-order valence-electron chi connectivity index (χ2n) is 2.19. The van der Waals surface area contributed by atoms with Crippen LogP contribution in [0.5, 0.6) is 0 Å². The first-order valence-electron chi connectivity index (χ1n) is 3.32. The maximum absolute atomic E-state index is 5.49. The number of hydrogen-bond donors (Lipinski definition) is 1. The van der Waals surface area contributed by atoms with Crippen LogP contribution in [-0.2, 0) is 6.42 Å². The standard InChI is InChI=1S/C6H11N3O/c1-3-5-8-6(4(2)7)10-9-5/h4H,3,7H2,1-2H3/t4-/m1/s1. The summed E-state index contributed by atoms with van der Waals surface area (Å²) in [7, 11) is 0. The monoisotopic (exact) mass is 141 g/mol. The van der Waals surface area contributed by atoms with Crippen LogP contribution in [0, 0.1) is 0 Å². The first kappa shape index (κ1) is 7.21. The second-order valence-corrected chi connectivity index (χ2v) is 2.19. The summed E-state index contributed by atoms with van der Waals surface area (Å²) in [5, 5.41) is 3.69. The third kappa shape index (κ3) is 1.33. The Bertz CT molecular complexity index is 207. The smallest absolute Gasteiger partial charge is 0.243 e. The molecule has 1 rings (SSSR count). The van der Waals surface area contributed by atoms with E-state index < -0.39 is 0 Å². The van der Waals surface area contributed by atoms with Crippen molar-refractivity contribution in [2.45, 2.75) is 26.3 Å². The molecule has 0 saturated heterocycles. The highest BCUT2D eigenvalue weighted by Crippen LogP contribution is 2.05. The Morgan fingerprint density at radius 1 is 1.70 bits per heavy atom. The van der Waals surface area contributed by atoms with Gasteiger partial charge in [0.2, 0.25) is 5.89 Å². The van der Waals surface area contributed by atoms with Gasteiger partial charge in [-0.3, -0.25) is 0 Å². The zero-order chi connectivity index (χ0) is 7.56. The summed E-state index contributed by atoms with van der Waals surface area (Å²) in [6, 6.07) is -0.159. The van der Waals surface area contributed by atoms with Gasteiger partial charge in [-0.15, -0.1) is 0 Å². The van der Waals surface area contributed by atoms with E-state index in [4.69, 9.17) is 10.3 Å². The first-order chi connectivity index (χ1) is 4.74. The number of hydrogen-bond acceptors (Lipinski definition) is 4. The maximum Gasteiger partial charge on any atom is 0.243 e. The average Bonchev–Trinajstić information content (AvgIpc) is 2.34. The van der Waals surface area contributed by atoms with Crippen molar-refractivity contribution in [2.75, 3.05) is 0 Å². The molecular weight excluding hydrogens is 130 g/mol. The highest BCUT2D eigenvalue weighted by atomic mass is 16.5. The van der Waals surface area contributed by atoms with Crippen molar-refractivity contribution in [3.8, 4) is 0 Å². The van der Waals surface area contributed by atoms with E-state index in [0.29, 0.717) is 11.7 Å². The van der Waals surface area contributed by atoms with Crippen LogP contribution in [0.15, 0.2) is 4.52 Å². The Balaban J connectivity index is 2.78. The Hall–Kier alpha value is -0.900. The number of nitrogens with two attached hydrogens (primary N) is 1. The third-order valence-electron chi connectivity index (χ3n) is 1.19. The fraction of sp³-hybridized carbons (Fsp3) is 0.667. The van der Waals surface area contributed by atoms with Gasteiger partial charge in [0, 0.05) is 6.42 Å². The molecule has 0 unspecified atom stereocenters. The van der Waals surface area contributed by atoms with Crippen LogP contribution in [-0.4, -0.2) is 10.1 Å². The van der Waals surface area contributed by atoms with E-state index in [0.717, 1.165) is 6.42 Å². The molecule has 0 aliphatic carbocycles. The molecule has 0 saturated carbocycles. The summed E-state index contributed by atoms with van der Waals surface area (Å²) in [5.41, 5.74) is 5.49. The van der Waals surface area contributed by atoms with E-state index >= 15 is 0 Å². The summed E-state index contributed by atoms with van der Waals surface area (Å²) >= 11 is 0. The van der Waals surface area contributed by atoms with Crippen molar-refractivity contribution in [1.82, 2.24) is 10.1 Å². The zero-order valence-electron chi connectivity index (χ0n) is 6.16. The predicted octanol–water partition coefficient (Wildman–Crippen LogP) is 0.652. The van der Waals surface area contributed by atoms with E-state index in [1.165, 1.54) is 0 Å². The molecule has 0 amide bonds. The Morgan fingerprint density at radius 2 is 2.40 bits per heavy atom. The van der Waals surface area contributed by atoms with E-state index in [-0.39, 0.29) is 6.04 Å². The molecule has 0 aliphatic heterocycles. The van der Waals surface area contributed by atoms with Crippen molar-refractivity contribution in [1.29, 1.82) is 0 Å². The topological polar surface area (TPSA) is 64.9 Å². The van der Waals surface area contributed by atoms with Crippen LogP contribution in [0.1, 0.15) is 31.6 Å². The second kappa shape index (κ2) is 2.79. The van der Waals surface area contributed by atoms with Gasteiger partial charge in [0.1, 0.15) is 0 Å². The molecule has 2 N–H and O–H groups in total. The molecule has 1 atom stereocenters. The van der Waals surface area contributed by atoms with E-state index in [2.05, 4.69) is 10.1 Å². The minimum Gasteiger partial charge on any atom is -0.338 e. The first-order valence-corrected chi connectivity index (χ1v) is 3.32. The van der Waals surface area contributed by atoms with Gasteiger partial charge < -0.3 is 10.3 Å². The van der Waals surface area contributed by atoms with Gasteiger partial charge in [-0.2, -0.15) is 4.98 Å². The maximum atomic E-state index is 5.49. The summed E-state index contributed by atoms with van der Waals surface area (Å²) in [4.78, 5) is 4.03. The Kier molecular flexibility index (Phi) is 2.01. The van der Waals surface area contributed by atoms with Crippen molar-refractivity contribution < 1.29 is 4.52 Å². The molecule has 10 heavy (non-hydrogen) atoms. The molecule has 0 bridgehead atoms. The molecule has 1 aromatic rings. The van der Waals surface area contributed by atoms with Crippen LogP contribution in [0.2, 0.25) is 0 Å². The molecular formula is C6H11N3O. The molecule has 0 aromatic carbocycles. The number of rotatable bonds is 2. The lowest BCUT2D eigenvalue weighted by Crippen LogP contribution is -2.05. The van der Waals surface area contributed by atoms with Crippen LogP contribution in [0.3, 0.4) is 0 Å². The minimum absolute atomic E-state index is 0.159. The SMILES string of the molecule is CCc1noc([C@@H](C)N)n1. The van der Waals surface area contributed by atoms with Gasteiger partial charge in [-0.1, -0.05) is 12.1 Å². The molecule has 0 radical (unpaired) electrons. The van der Waals surface area contributed by atoms with Crippen LogP contribution < -0.4 is 5.73 Å². The highest BCUT2D eigenvalue weighted by molar-refractivity contribution is 4.89. The zero-order valence-corrected chi connectivity index (χ0v) is 6.16. The van der Waals surface area contributed by atoms with E-state index in [1.807, 2.05) is 13.8 Å². The van der Waals surface area contributed by atoms with Crippen molar-refractivity contribution in [2.24, 2.45) is 5.73 Å². The fourth-order valence-electron chi connectivity index (χ4n) is 0.596. The molecule has 4 heteroatoms. The van der Waals surface area contributed by atoms with Gasteiger partial charge in [0.15, 0.2) is 5.82 Å². The third-order valence-corrected chi connectivity index (χ3v) is 1.19. The molecule has 56 valence electrons. The molecule has 0 spiro atoms. The van der Waals surface area contributed by atoms with E-state index in [9.17, 15) is 0 Å². The largest absolute Gasteiger partial charge is 0.338 e. The molecule has 1 aromatic heterocycles. The van der Waals surface area contributed by atoms with Gasteiger partial charge in [0.05, 0.1) is 6.04 Å². The molecule has 1 heterocycles.